The molecule has 5 heteroatoms. The van der Waals surface area contributed by atoms with E-state index in [0.717, 1.165) is 50.5 Å². The van der Waals surface area contributed by atoms with Crippen LogP contribution in [0.1, 0.15) is 103 Å². The van der Waals surface area contributed by atoms with Gasteiger partial charge in [-0.2, -0.15) is 0 Å². The highest BCUT2D eigenvalue weighted by Crippen LogP contribution is 2.87. The number of ether oxygens (including phenoxy) is 2. The Morgan fingerprint density at radius 3 is 2.44 bits per heavy atom. The highest BCUT2D eigenvalue weighted by atomic mass is 16.6. The molecular weight excluding hydrogens is 594 g/mol. The first kappa shape index (κ1) is 29.9. The van der Waals surface area contributed by atoms with Gasteiger partial charge in [-0.05, 0) is 114 Å². The Bertz CT molecular complexity index is 1720. The van der Waals surface area contributed by atoms with E-state index in [9.17, 15) is 9.59 Å². The molecule has 11 atom stereocenters. The van der Waals surface area contributed by atoms with Crippen LogP contribution in [-0.2, 0) is 14.3 Å². The lowest BCUT2D eigenvalue weighted by molar-refractivity contribution is -0.148. The van der Waals surface area contributed by atoms with Gasteiger partial charge in [-0.1, -0.05) is 81.8 Å². The zero-order chi connectivity index (χ0) is 32.8. The van der Waals surface area contributed by atoms with Gasteiger partial charge in [0.25, 0.3) is 0 Å². The Kier molecular flexibility index (Phi) is 6.15. The molecule has 5 nitrogen and oxygen atoms in total. The van der Waals surface area contributed by atoms with Gasteiger partial charge < -0.3 is 14.4 Å². The maximum Gasteiger partial charge on any atom is 0.410 e. The van der Waals surface area contributed by atoms with Crippen molar-refractivity contribution in [1.29, 1.82) is 0 Å². The summed E-state index contributed by atoms with van der Waals surface area (Å²) in [6.45, 7) is 10.9. The number of nitrogens with zero attached hydrogens (tertiary/aromatic N) is 1. The van der Waals surface area contributed by atoms with Crippen LogP contribution in [0.4, 0.5) is 4.79 Å². The van der Waals surface area contributed by atoms with E-state index in [4.69, 9.17) is 9.47 Å². The van der Waals surface area contributed by atoms with Crippen LogP contribution in [0.5, 0.6) is 0 Å². The number of amides is 1. The van der Waals surface area contributed by atoms with Gasteiger partial charge in [0.1, 0.15) is 6.61 Å². The molecule has 0 bridgehead atoms. The highest BCUT2D eigenvalue weighted by Gasteiger charge is 2.84. The Morgan fingerprint density at radius 1 is 0.958 bits per heavy atom. The fraction of sp³-hybridized carbons (Fsp3) is 0.628. The summed E-state index contributed by atoms with van der Waals surface area (Å²) < 4.78 is 13.8. The summed E-state index contributed by atoms with van der Waals surface area (Å²) in [4.78, 5) is 28.7. The Balaban J connectivity index is 0.916. The van der Waals surface area contributed by atoms with Gasteiger partial charge >= 0.3 is 6.09 Å². The number of carbonyl (C=O) groups is 2. The van der Waals surface area contributed by atoms with E-state index in [-0.39, 0.29) is 46.5 Å². The molecule has 1 amide bonds. The molecule has 2 aromatic carbocycles. The van der Waals surface area contributed by atoms with E-state index in [1.807, 2.05) is 6.08 Å². The number of hydrogen-bond donors (Lipinski definition) is 0. The molecule has 0 aromatic heterocycles. The first-order chi connectivity index (χ1) is 23.1. The molecule has 2 aromatic rings. The van der Waals surface area contributed by atoms with Gasteiger partial charge in [-0.25, -0.2) is 4.79 Å². The van der Waals surface area contributed by atoms with Gasteiger partial charge in [0.15, 0.2) is 5.78 Å². The summed E-state index contributed by atoms with van der Waals surface area (Å²) in [7, 11) is 0. The number of allylic oxidation sites excluding steroid dienone is 2. The van der Waals surface area contributed by atoms with Gasteiger partial charge in [-0.3, -0.25) is 4.79 Å². The zero-order valence-corrected chi connectivity index (χ0v) is 29.2. The first-order valence-corrected chi connectivity index (χ1v) is 19.1. The number of rotatable bonds is 2. The van der Waals surface area contributed by atoms with E-state index < -0.39 is 0 Å². The van der Waals surface area contributed by atoms with Crippen molar-refractivity contribution in [2.45, 2.75) is 109 Å². The highest BCUT2D eigenvalue weighted by molar-refractivity contribution is 5.91. The van der Waals surface area contributed by atoms with E-state index in [1.54, 1.807) is 0 Å². The normalized spacial score (nSPS) is 44.9. The van der Waals surface area contributed by atoms with Crippen LogP contribution in [0.3, 0.4) is 0 Å². The maximum atomic E-state index is 14.2. The molecule has 0 N–H and O–H groups in total. The molecule has 0 radical (unpaired) electrons. The Hall–Kier alpha value is -2.92. The first-order valence-electron chi connectivity index (χ1n) is 19.1. The lowest BCUT2D eigenvalue weighted by atomic mass is 9.56. The number of benzene rings is 2. The predicted octanol–water partition coefficient (Wildman–Crippen LogP) is 8.95. The van der Waals surface area contributed by atoms with E-state index in [2.05, 4.69) is 81.1 Å². The summed E-state index contributed by atoms with van der Waals surface area (Å²) in [6.07, 6.45) is 12.0. The van der Waals surface area contributed by atoms with Gasteiger partial charge in [0.2, 0.25) is 0 Å². The van der Waals surface area contributed by atoms with Crippen LogP contribution in [0.15, 0.2) is 60.2 Å². The lowest BCUT2D eigenvalue weighted by Gasteiger charge is -2.50. The summed E-state index contributed by atoms with van der Waals surface area (Å²) in [5.74, 6) is 3.27. The number of ketones is 1. The minimum absolute atomic E-state index is 0.0583. The van der Waals surface area contributed by atoms with Crippen LogP contribution in [0.25, 0.3) is 11.1 Å². The Morgan fingerprint density at radius 2 is 1.69 bits per heavy atom. The third kappa shape index (κ3) is 3.62. The minimum atomic E-state index is -0.194. The van der Waals surface area contributed by atoms with Crippen LogP contribution >= 0.6 is 0 Å². The standard InChI is InChI=1S/C43H51NO4/c1-25-19-37-38(44(22-25)39(46)47-23-34-31-11-7-5-9-29(31)30-10-6-8-12-32(30)34)26(2)43(48-37)18-16-35-33-14-13-27-20-28(45)15-17-40(27,3)36(33)21-42(35)24-41(42,43)4/h5-12,20,25-26,33-38H,13-19,21-24H2,1-4H3/t25-,26+,33-,35-,36-,37+,38-,40-,41+,42+,43+/m0/s1. The summed E-state index contributed by atoms with van der Waals surface area (Å²) >= 11 is 0. The molecule has 252 valence electrons. The van der Waals surface area contributed by atoms with Crippen molar-refractivity contribution >= 4 is 11.9 Å². The Labute approximate surface area is 285 Å². The van der Waals surface area contributed by atoms with Crippen molar-refractivity contribution < 1.29 is 19.1 Å². The molecule has 8 aliphatic rings. The molecule has 6 fully saturated rings. The second-order valence-electron chi connectivity index (χ2n) is 18.0. The lowest BCUT2D eigenvalue weighted by Crippen LogP contribution is -2.56. The molecule has 10 rings (SSSR count). The van der Waals surface area contributed by atoms with Gasteiger partial charge in [-0.15, -0.1) is 0 Å². The molecule has 2 aliphatic heterocycles. The smallest absolute Gasteiger partial charge is 0.410 e. The molecule has 0 unspecified atom stereocenters. The van der Waals surface area contributed by atoms with E-state index >= 15 is 0 Å². The van der Waals surface area contributed by atoms with Crippen LogP contribution in [-0.4, -0.2) is 47.7 Å². The topological polar surface area (TPSA) is 55.8 Å². The number of piperidine rings is 1. The summed E-state index contributed by atoms with van der Waals surface area (Å²) in [5, 5.41) is 0. The van der Waals surface area contributed by atoms with Crippen molar-refractivity contribution in [3.05, 3.63) is 71.3 Å². The summed E-state index contributed by atoms with van der Waals surface area (Å²) in [5.41, 5.74) is 6.94. The molecule has 6 aliphatic carbocycles. The second kappa shape index (κ2) is 9.86. The molecular formula is C43H51NO4. The van der Waals surface area contributed by atoms with Crippen molar-refractivity contribution in [2.75, 3.05) is 13.2 Å². The van der Waals surface area contributed by atoms with Gasteiger partial charge in [0, 0.05) is 30.2 Å². The van der Waals surface area contributed by atoms with Crippen LogP contribution in [0.2, 0.25) is 0 Å². The van der Waals surface area contributed by atoms with Crippen molar-refractivity contribution in [3.8, 4) is 11.1 Å². The molecule has 48 heavy (non-hydrogen) atoms. The number of hydrogen-bond acceptors (Lipinski definition) is 4. The minimum Gasteiger partial charge on any atom is -0.448 e. The third-order valence-electron chi connectivity index (χ3n) is 16.3. The fourth-order valence-electron chi connectivity index (χ4n) is 14.1. The fourth-order valence-corrected chi connectivity index (χ4v) is 14.1. The average molecular weight is 646 g/mol. The SMILES string of the molecule is C[C@H]1C[C@H]2O[C@]3(CC[C@H]4[C@@H]5CCC6=CC(=O)CC[C@]6(C)[C@H]5C[C@@]45C[C@]53C)[C@H](C)[C@@H]2N(C(=O)OCC2c3ccccc3-c3ccccc32)C1. The zero-order valence-electron chi connectivity index (χ0n) is 29.2. The third-order valence-corrected chi connectivity index (χ3v) is 16.3. The molecule has 2 heterocycles. The van der Waals surface area contributed by atoms with Crippen molar-refractivity contribution in [1.82, 2.24) is 4.90 Å². The van der Waals surface area contributed by atoms with Crippen LogP contribution < -0.4 is 0 Å². The molecule has 4 saturated carbocycles. The van der Waals surface area contributed by atoms with Crippen molar-refractivity contribution in [2.24, 2.45) is 45.8 Å². The van der Waals surface area contributed by atoms with E-state index in [0.29, 0.717) is 29.6 Å². The quantitative estimate of drug-likeness (QED) is 0.327. The van der Waals surface area contributed by atoms with Crippen molar-refractivity contribution in [3.63, 3.8) is 0 Å². The number of likely N-dealkylation sites (tertiary alicyclic amines) is 1. The summed E-state index contributed by atoms with van der Waals surface area (Å²) in [6, 6.07) is 17.2. The predicted molar refractivity (Wildman–Crippen MR) is 185 cm³/mol. The van der Waals surface area contributed by atoms with Gasteiger partial charge in [0.05, 0.1) is 17.7 Å². The largest absolute Gasteiger partial charge is 0.448 e. The second-order valence-corrected chi connectivity index (χ2v) is 18.0. The number of carbonyl (C=O) groups excluding carboxylic acids is 2. The number of fused-ring (bicyclic) bond motifs is 9. The maximum absolute atomic E-state index is 14.2. The van der Waals surface area contributed by atoms with E-state index in [1.165, 1.54) is 53.5 Å². The molecule has 2 spiro atoms. The monoisotopic (exact) mass is 645 g/mol. The molecule has 2 saturated heterocycles. The van der Waals surface area contributed by atoms with Crippen LogP contribution in [0, 0.1) is 45.8 Å². The average Bonchev–Trinajstić information content (AvgIpc) is 3.28.